The lowest BCUT2D eigenvalue weighted by Gasteiger charge is -2.08. The highest BCUT2D eigenvalue weighted by Gasteiger charge is 2.16. The lowest BCUT2D eigenvalue weighted by atomic mass is 10.3. The van der Waals surface area contributed by atoms with E-state index >= 15 is 0 Å². The van der Waals surface area contributed by atoms with Crippen molar-refractivity contribution in [2.24, 2.45) is 0 Å². The summed E-state index contributed by atoms with van der Waals surface area (Å²) in [7, 11) is 3.91. The minimum atomic E-state index is -0.464. The van der Waals surface area contributed by atoms with E-state index in [0.29, 0.717) is 18.1 Å². The van der Waals surface area contributed by atoms with E-state index in [1.807, 2.05) is 19.0 Å². The Morgan fingerprint density at radius 1 is 1.50 bits per heavy atom. The molecule has 0 unspecified atom stereocenters. The number of hydrogen-bond donors (Lipinski definition) is 1. The van der Waals surface area contributed by atoms with Crippen LogP contribution in [0.25, 0.3) is 11.1 Å². The zero-order valence-corrected chi connectivity index (χ0v) is 10.2. The van der Waals surface area contributed by atoms with Crippen LogP contribution in [0.4, 0.5) is 11.7 Å². The van der Waals surface area contributed by atoms with Crippen LogP contribution in [-0.4, -0.2) is 42.0 Å². The van der Waals surface area contributed by atoms with Crippen LogP contribution in [0, 0.1) is 10.1 Å². The van der Waals surface area contributed by atoms with Crippen LogP contribution in [0.2, 0.25) is 0 Å². The maximum absolute atomic E-state index is 10.8. The van der Waals surface area contributed by atoms with E-state index in [2.05, 4.69) is 10.3 Å². The number of aromatic nitrogens is 1. The van der Waals surface area contributed by atoms with E-state index in [1.54, 1.807) is 12.1 Å². The molecule has 0 fully saturated rings. The zero-order valence-electron chi connectivity index (χ0n) is 10.2. The van der Waals surface area contributed by atoms with Gasteiger partial charge in [0, 0.05) is 19.2 Å². The molecule has 96 valence electrons. The Balaban J connectivity index is 2.22. The highest BCUT2D eigenvalue weighted by Crippen LogP contribution is 2.26. The maximum Gasteiger partial charge on any atom is 0.298 e. The number of nitrogens with one attached hydrogen (secondary N) is 1. The number of oxazole rings is 1. The minimum absolute atomic E-state index is 0.0445. The van der Waals surface area contributed by atoms with Gasteiger partial charge >= 0.3 is 0 Å². The van der Waals surface area contributed by atoms with Crippen molar-refractivity contribution in [3.05, 3.63) is 28.3 Å². The molecule has 2 rings (SSSR count). The van der Waals surface area contributed by atoms with E-state index in [9.17, 15) is 10.1 Å². The van der Waals surface area contributed by atoms with Gasteiger partial charge in [0.15, 0.2) is 11.1 Å². The third kappa shape index (κ3) is 2.57. The number of likely N-dealkylation sites (N-methyl/N-ethyl adjacent to an activating group) is 1. The normalized spacial score (nSPS) is 11.1. The number of hydrogen-bond acceptors (Lipinski definition) is 6. The number of non-ortho nitro benzene ring substituents is 1. The monoisotopic (exact) mass is 250 g/mol. The molecule has 1 N–H and O–H groups in total. The standard InChI is InChI=1S/C11H14N4O3/c1-14(2)7-6-12-11-13-10-8(15(16)17)4-3-5-9(10)18-11/h3-5H,6-7H2,1-2H3,(H,12,13). The Bertz CT molecular complexity index is 564. The molecule has 18 heavy (non-hydrogen) atoms. The topological polar surface area (TPSA) is 84.4 Å². The molecular weight excluding hydrogens is 236 g/mol. The fraction of sp³-hybridized carbons (Fsp3) is 0.364. The van der Waals surface area contributed by atoms with Gasteiger partial charge in [0.25, 0.3) is 11.7 Å². The predicted molar refractivity (Wildman–Crippen MR) is 67.7 cm³/mol. The summed E-state index contributed by atoms with van der Waals surface area (Å²) in [6, 6.07) is 4.96. The van der Waals surface area contributed by atoms with Crippen LogP contribution in [0.3, 0.4) is 0 Å². The van der Waals surface area contributed by atoms with Gasteiger partial charge in [-0.1, -0.05) is 6.07 Å². The third-order valence-electron chi connectivity index (χ3n) is 2.43. The molecule has 7 nitrogen and oxygen atoms in total. The Labute approximate surface area is 104 Å². The number of nitro benzene ring substituents is 1. The predicted octanol–water partition coefficient (Wildman–Crippen LogP) is 1.71. The van der Waals surface area contributed by atoms with Crippen molar-refractivity contribution in [1.82, 2.24) is 9.88 Å². The first-order chi connectivity index (χ1) is 8.58. The van der Waals surface area contributed by atoms with E-state index in [1.165, 1.54) is 6.07 Å². The van der Waals surface area contributed by atoms with Crippen molar-refractivity contribution in [2.45, 2.75) is 0 Å². The maximum atomic E-state index is 10.8. The third-order valence-corrected chi connectivity index (χ3v) is 2.43. The van der Waals surface area contributed by atoms with Crippen molar-refractivity contribution in [3.63, 3.8) is 0 Å². The summed E-state index contributed by atoms with van der Waals surface area (Å²) in [4.78, 5) is 16.5. The lowest BCUT2D eigenvalue weighted by Crippen LogP contribution is -2.20. The molecule has 1 aromatic carbocycles. The van der Waals surface area contributed by atoms with Gasteiger partial charge in [-0.3, -0.25) is 10.1 Å². The van der Waals surface area contributed by atoms with Crippen molar-refractivity contribution in [1.29, 1.82) is 0 Å². The average molecular weight is 250 g/mol. The molecule has 0 aliphatic carbocycles. The smallest absolute Gasteiger partial charge is 0.298 e. The fourth-order valence-corrected chi connectivity index (χ4v) is 1.54. The number of para-hydroxylation sites is 1. The number of rotatable bonds is 5. The van der Waals surface area contributed by atoms with Crippen LogP contribution in [-0.2, 0) is 0 Å². The van der Waals surface area contributed by atoms with Crippen molar-refractivity contribution in [3.8, 4) is 0 Å². The number of anilines is 1. The second-order valence-corrected chi connectivity index (χ2v) is 4.13. The van der Waals surface area contributed by atoms with Gasteiger partial charge in [0.05, 0.1) is 4.92 Å². The number of fused-ring (bicyclic) bond motifs is 1. The molecule has 0 aliphatic rings. The number of benzene rings is 1. The van der Waals surface area contributed by atoms with Gasteiger partial charge in [0.2, 0.25) is 0 Å². The molecule has 7 heteroatoms. The van der Waals surface area contributed by atoms with E-state index in [4.69, 9.17) is 4.42 Å². The Morgan fingerprint density at radius 3 is 2.94 bits per heavy atom. The average Bonchev–Trinajstić information content (AvgIpc) is 2.70. The van der Waals surface area contributed by atoms with E-state index < -0.39 is 4.92 Å². The summed E-state index contributed by atoms with van der Waals surface area (Å²) in [5.41, 5.74) is 0.642. The first-order valence-electron chi connectivity index (χ1n) is 5.50. The summed E-state index contributed by atoms with van der Waals surface area (Å²) in [5, 5.41) is 13.8. The molecule has 0 bridgehead atoms. The fourth-order valence-electron chi connectivity index (χ4n) is 1.54. The summed E-state index contributed by atoms with van der Waals surface area (Å²) < 4.78 is 5.40. The Hall–Kier alpha value is -2.15. The van der Waals surface area contributed by atoms with E-state index in [0.717, 1.165) is 6.54 Å². The van der Waals surface area contributed by atoms with Gasteiger partial charge < -0.3 is 14.6 Å². The summed E-state index contributed by atoms with van der Waals surface area (Å²) in [6.45, 7) is 1.48. The Morgan fingerprint density at radius 2 is 2.28 bits per heavy atom. The first-order valence-corrected chi connectivity index (χ1v) is 5.50. The summed E-state index contributed by atoms with van der Waals surface area (Å²) in [6.07, 6.45) is 0. The number of nitrogens with zero attached hydrogens (tertiary/aromatic N) is 3. The highest BCUT2D eigenvalue weighted by molar-refractivity contribution is 5.83. The van der Waals surface area contributed by atoms with E-state index in [-0.39, 0.29) is 11.2 Å². The molecular formula is C11H14N4O3. The highest BCUT2D eigenvalue weighted by atomic mass is 16.6. The Kier molecular flexibility index (Phi) is 3.42. The quantitative estimate of drug-likeness (QED) is 0.642. The van der Waals surface area contributed by atoms with Crippen molar-refractivity contribution >= 4 is 22.8 Å². The van der Waals surface area contributed by atoms with Crippen molar-refractivity contribution in [2.75, 3.05) is 32.5 Å². The van der Waals surface area contributed by atoms with Crippen LogP contribution in [0.1, 0.15) is 0 Å². The SMILES string of the molecule is CN(C)CCNc1nc2c([N+](=O)[O-])cccc2o1. The molecule has 0 radical (unpaired) electrons. The van der Waals surface area contributed by atoms with Crippen LogP contribution in [0.15, 0.2) is 22.6 Å². The molecule has 0 amide bonds. The second-order valence-electron chi connectivity index (χ2n) is 4.13. The van der Waals surface area contributed by atoms with Gasteiger partial charge in [-0.25, -0.2) is 0 Å². The van der Waals surface area contributed by atoms with Gasteiger partial charge in [-0.2, -0.15) is 4.98 Å². The van der Waals surface area contributed by atoms with Gasteiger partial charge in [-0.05, 0) is 20.2 Å². The second kappa shape index (κ2) is 5.01. The molecule has 0 saturated heterocycles. The lowest BCUT2D eigenvalue weighted by molar-refractivity contribution is -0.383. The van der Waals surface area contributed by atoms with Crippen molar-refractivity contribution < 1.29 is 9.34 Å². The van der Waals surface area contributed by atoms with Crippen LogP contribution >= 0.6 is 0 Å². The number of nitro groups is 1. The van der Waals surface area contributed by atoms with Crippen LogP contribution in [0.5, 0.6) is 0 Å². The first kappa shape index (κ1) is 12.3. The van der Waals surface area contributed by atoms with Gasteiger partial charge in [-0.15, -0.1) is 0 Å². The molecule has 1 heterocycles. The summed E-state index contributed by atoms with van der Waals surface area (Å²) >= 11 is 0. The molecule has 2 aromatic rings. The summed E-state index contributed by atoms with van der Waals surface area (Å²) in [5.74, 6) is 0. The molecule has 1 aromatic heterocycles. The molecule has 0 atom stereocenters. The molecule has 0 saturated carbocycles. The molecule has 0 spiro atoms. The largest absolute Gasteiger partial charge is 0.423 e. The molecule has 0 aliphatic heterocycles. The van der Waals surface area contributed by atoms with Crippen LogP contribution < -0.4 is 5.32 Å². The minimum Gasteiger partial charge on any atom is -0.423 e. The zero-order chi connectivity index (χ0) is 13.1. The van der Waals surface area contributed by atoms with Gasteiger partial charge in [0.1, 0.15) is 0 Å².